The lowest BCUT2D eigenvalue weighted by atomic mass is 10.1. The highest BCUT2D eigenvalue weighted by atomic mass is 79.9. The lowest BCUT2D eigenvalue weighted by Gasteiger charge is -2.12. The predicted octanol–water partition coefficient (Wildman–Crippen LogP) is 4.61. The number of halogens is 6. The molecule has 7 heteroatoms. The number of alkyl halides is 3. The lowest BCUT2D eigenvalue weighted by molar-refractivity contribution is -0.137. The molecular formula is C8H2Br2ClF3O. The van der Waals surface area contributed by atoms with E-state index in [1.807, 2.05) is 0 Å². The van der Waals surface area contributed by atoms with Gasteiger partial charge < -0.3 is 0 Å². The Hall–Kier alpha value is -0.0700. The van der Waals surface area contributed by atoms with Crippen LogP contribution < -0.4 is 0 Å². The molecule has 1 nitrogen and oxygen atoms in total. The zero-order valence-corrected chi connectivity index (χ0v) is 10.8. The van der Waals surface area contributed by atoms with E-state index in [4.69, 9.17) is 11.6 Å². The van der Waals surface area contributed by atoms with E-state index in [0.29, 0.717) is 4.47 Å². The number of rotatable bonds is 1. The van der Waals surface area contributed by atoms with Gasteiger partial charge in [0.15, 0.2) is 0 Å². The molecule has 0 unspecified atom stereocenters. The topological polar surface area (TPSA) is 17.1 Å². The monoisotopic (exact) mass is 364 g/mol. The number of hydrogen-bond acceptors (Lipinski definition) is 1. The van der Waals surface area contributed by atoms with Crippen molar-refractivity contribution in [1.29, 1.82) is 0 Å². The lowest BCUT2D eigenvalue weighted by Crippen LogP contribution is -2.11. The molecule has 0 spiro atoms. The van der Waals surface area contributed by atoms with Crippen molar-refractivity contribution in [3.63, 3.8) is 0 Å². The minimum atomic E-state index is -4.61. The molecule has 1 aromatic rings. The van der Waals surface area contributed by atoms with Crippen molar-refractivity contribution in [3.05, 3.63) is 32.2 Å². The predicted molar refractivity (Wildman–Crippen MR) is 57.0 cm³/mol. The Bertz CT molecular complexity index is 417. The average Bonchev–Trinajstić information content (AvgIpc) is 2.06. The van der Waals surface area contributed by atoms with Gasteiger partial charge in [0, 0.05) is 8.95 Å². The van der Waals surface area contributed by atoms with Crippen molar-refractivity contribution in [2.24, 2.45) is 0 Å². The van der Waals surface area contributed by atoms with Crippen molar-refractivity contribution >= 4 is 48.7 Å². The number of carbonyl (C=O) groups excluding carboxylic acids is 1. The second-order valence-corrected chi connectivity index (χ2v) is 4.55. The van der Waals surface area contributed by atoms with Crippen molar-refractivity contribution in [1.82, 2.24) is 0 Å². The summed E-state index contributed by atoms with van der Waals surface area (Å²) in [5.74, 6) is 0. The molecule has 0 aromatic heterocycles. The number of hydrogen-bond donors (Lipinski definition) is 0. The van der Waals surface area contributed by atoms with E-state index in [2.05, 4.69) is 31.9 Å². The molecule has 0 atom stereocenters. The molecule has 0 N–H and O–H groups in total. The van der Waals surface area contributed by atoms with Gasteiger partial charge in [0.05, 0.1) is 11.1 Å². The average molecular weight is 366 g/mol. The molecule has 82 valence electrons. The van der Waals surface area contributed by atoms with Crippen LogP contribution in [0.15, 0.2) is 21.1 Å². The van der Waals surface area contributed by atoms with Gasteiger partial charge in [-0.05, 0) is 55.6 Å². The van der Waals surface area contributed by atoms with E-state index in [-0.39, 0.29) is 4.47 Å². The van der Waals surface area contributed by atoms with Gasteiger partial charge in [0.1, 0.15) is 0 Å². The summed E-state index contributed by atoms with van der Waals surface area (Å²) in [6.45, 7) is 0. The minimum Gasteiger partial charge on any atom is -0.276 e. The summed E-state index contributed by atoms with van der Waals surface area (Å²) in [5.41, 5.74) is -1.64. The molecular weight excluding hydrogens is 364 g/mol. The van der Waals surface area contributed by atoms with Crippen LogP contribution in [0.25, 0.3) is 0 Å². The van der Waals surface area contributed by atoms with E-state index in [0.717, 1.165) is 6.07 Å². The molecule has 0 saturated carbocycles. The standard InChI is InChI=1S/C8H2Br2ClF3O/c9-4-2-1-3(8(12,13)14)5(6(4)10)7(11)15/h1-2H. The Morgan fingerprint density at radius 1 is 1.27 bits per heavy atom. The van der Waals surface area contributed by atoms with Crippen LogP contribution in [0.3, 0.4) is 0 Å². The molecule has 0 aliphatic carbocycles. The fourth-order valence-electron chi connectivity index (χ4n) is 0.979. The zero-order valence-electron chi connectivity index (χ0n) is 6.83. The summed E-state index contributed by atoms with van der Waals surface area (Å²) in [7, 11) is 0. The number of benzene rings is 1. The van der Waals surface area contributed by atoms with E-state index < -0.39 is 22.5 Å². The zero-order chi connectivity index (χ0) is 11.8. The van der Waals surface area contributed by atoms with Crippen LogP contribution >= 0.6 is 43.5 Å². The maximum absolute atomic E-state index is 12.5. The third kappa shape index (κ3) is 2.73. The summed E-state index contributed by atoms with van der Waals surface area (Å²) >= 11 is 11.0. The second-order valence-electron chi connectivity index (χ2n) is 2.56. The molecule has 1 rings (SSSR count). The maximum atomic E-state index is 12.5. The normalized spacial score (nSPS) is 11.6. The Labute approximate surface area is 105 Å². The molecule has 0 amide bonds. The van der Waals surface area contributed by atoms with E-state index >= 15 is 0 Å². The van der Waals surface area contributed by atoms with Gasteiger partial charge in [-0.25, -0.2) is 0 Å². The summed E-state index contributed by atoms with van der Waals surface area (Å²) < 4.78 is 37.8. The molecule has 0 aliphatic rings. The molecule has 0 aliphatic heterocycles. The minimum absolute atomic E-state index is 0.00248. The fourth-order valence-corrected chi connectivity index (χ4v) is 2.15. The maximum Gasteiger partial charge on any atom is 0.417 e. The van der Waals surface area contributed by atoms with Crippen molar-refractivity contribution in [2.45, 2.75) is 6.18 Å². The smallest absolute Gasteiger partial charge is 0.276 e. The highest BCUT2D eigenvalue weighted by Gasteiger charge is 2.36. The molecule has 0 heterocycles. The largest absolute Gasteiger partial charge is 0.417 e. The van der Waals surface area contributed by atoms with Crippen molar-refractivity contribution in [2.75, 3.05) is 0 Å². The quantitative estimate of drug-likeness (QED) is 0.664. The Morgan fingerprint density at radius 2 is 1.80 bits per heavy atom. The summed E-state index contributed by atoms with van der Waals surface area (Å²) in [5, 5.41) is -1.16. The highest BCUT2D eigenvalue weighted by Crippen LogP contribution is 2.38. The van der Waals surface area contributed by atoms with Gasteiger partial charge in [0.2, 0.25) is 0 Å². The summed E-state index contributed by atoms with van der Waals surface area (Å²) in [4.78, 5) is 10.9. The summed E-state index contributed by atoms with van der Waals surface area (Å²) in [6, 6.07) is 1.99. The Kier molecular flexibility index (Phi) is 3.84. The van der Waals surface area contributed by atoms with Gasteiger partial charge in [-0.1, -0.05) is 0 Å². The van der Waals surface area contributed by atoms with Crippen LogP contribution in [-0.4, -0.2) is 5.24 Å². The first kappa shape index (κ1) is 13.0. The van der Waals surface area contributed by atoms with Gasteiger partial charge in [-0.2, -0.15) is 13.2 Å². The first-order chi connectivity index (χ1) is 6.75. The second kappa shape index (κ2) is 4.43. The van der Waals surface area contributed by atoms with E-state index in [1.165, 1.54) is 6.07 Å². The SMILES string of the molecule is O=C(Cl)c1c(C(F)(F)F)ccc(Br)c1Br. The van der Waals surface area contributed by atoms with E-state index in [1.54, 1.807) is 0 Å². The first-order valence-corrected chi connectivity index (χ1v) is 5.46. The Morgan fingerprint density at radius 3 is 2.20 bits per heavy atom. The van der Waals surface area contributed by atoms with Crippen LogP contribution in [-0.2, 0) is 6.18 Å². The molecule has 0 bridgehead atoms. The summed E-state index contributed by atoms with van der Waals surface area (Å²) in [6.07, 6.45) is -4.61. The third-order valence-corrected chi connectivity index (χ3v) is 3.80. The van der Waals surface area contributed by atoms with Gasteiger partial charge in [0.25, 0.3) is 5.24 Å². The molecule has 15 heavy (non-hydrogen) atoms. The van der Waals surface area contributed by atoms with Crippen molar-refractivity contribution < 1.29 is 18.0 Å². The fraction of sp³-hybridized carbons (Fsp3) is 0.125. The van der Waals surface area contributed by atoms with Crippen molar-refractivity contribution in [3.8, 4) is 0 Å². The Balaban J connectivity index is 3.55. The molecule has 0 saturated heterocycles. The van der Waals surface area contributed by atoms with Gasteiger partial charge in [-0.3, -0.25) is 4.79 Å². The number of carbonyl (C=O) groups is 1. The van der Waals surface area contributed by atoms with Crippen LogP contribution in [0, 0.1) is 0 Å². The van der Waals surface area contributed by atoms with Gasteiger partial charge in [-0.15, -0.1) is 0 Å². The first-order valence-electron chi connectivity index (χ1n) is 3.50. The van der Waals surface area contributed by atoms with Crippen LogP contribution in [0.1, 0.15) is 15.9 Å². The van der Waals surface area contributed by atoms with E-state index in [9.17, 15) is 18.0 Å². The van der Waals surface area contributed by atoms with Crippen LogP contribution in [0.2, 0.25) is 0 Å². The highest BCUT2D eigenvalue weighted by molar-refractivity contribution is 9.13. The molecule has 0 radical (unpaired) electrons. The van der Waals surface area contributed by atoms with Crippen LogP contribution in [0.4, 0.5) is 13.2 Å². The van der Waals surface area contributed by atoms with Gasteiger partial charge >= 0.3 is 6.18 Å². The third-order valence-electron chi connectivity index (χ3n) is 1.60. The molecule has 1 aromatic carbocycles. The molecule has 0 fully saturated rings. The van der Waals surface area contributed by atoms with Crippen LogP contribution in [0.5, 0.6) is 0 Å².